The summed E-state index contributed by atoms with van der Waals surface area (Å²) in [6.45, 7) is 1.55. The zero-order valence-electron chi connectivity index (χ0n) is 16.5. The van der Waals surface area contributed by atoms with Crippen LogP contribution in [0.1, 0.15) is 12.5 Å². The Bertz CT molecular complexity index is 1020. The second-order valence-electron chi connectivity index (χ2n) is 6.29. The van der Waals surface area contributed by atoms with Crippen molar-refractivity contribution >= 4 is 45.5 Å². The van der Waals surface area contributed by atoms with E-state index in [1.165, 1.54) is 25.3 Å². The Morgan fingerprint density at radius 3 is 2.50 bits per heavy atom. The molecule has 156 valence electrons. The molecule has 2 amide bonds. The first-order valence-corrected chi connectivity index (χ1v) is 9.69. The van der Waals surface area contributed by atoms with Gasteiger partial charge in [-0.1, -0.05) is 18.2 Å². The number of carbonyl (C=O) groups excluding carboxylic acids is 3. The number of rotatable bonds is 6. The molecule has 2 aromatic rings. The number of anilines is 1. The summed E-state index contributed by atoms with van der Waals surface area (Å²) in [5.41, 5.74) is 3.61. The monoisotopic (exact) mass is 474 g/mol. The van der Waals surface area contributed by atoms with Crippen LogP contribution < -0.4 is 19.9 Å². The van der Waals surface area contributed by atoms with Crippen LogP contribution in [0.25, 0.3) is 6.08 Å². The topological polar surface area (TPSA) is 94.2 Å². The van der Waals surface area contributed by atoms with Gasteiger partial charge in [0.1, 0.15) is 5.57 Å². The highest BCUT2D eigenvalue weighted by Crippen LogP contribution is 2.38. The highest BCUT2D eigenvalue weighted by atomic mass is 79.9. The van der Waals surface area contributed by atoms with Gasteiger partial charge in [-0.05, 0) is 58.8 Å². The maximum atomic E-state index is 12.7. The lowest BCUT2D eigenvalue weighted by molar-refractivity contribution is -0.148. The number of nitrogens with one attached hydrogen (secondary N) is 1. The molecule has 3 rings (SSSR count). The van der Waals surface area contributed by atoms with Crippen molar-refractivity contribution in [2.24, 2.45) is 0 Å². The van der Waals surface area contributed by atoms with E-state index in [4.69, 9.17) is 9.47 Å². The van der Waals surface area contributed by atoms with Gasteiger partial charge in [0.25, 0.3) is 11.8 Å². The van der Waals surface area contributed by atoms with Gasteiger partial charge in [-0.15, -0.1) is 0 Å². The molecule has 0 radical (unpaired) electrons. The number of halogens is 1. The Kier molecular flexibility index (Phi) is 6.41. The summed E-state index contributed by atoms with van der Waals surface area (Å²) in [6.07, 6.45) is 0.604. The summed E-state index contributed by atoms with van der Waals surface area (Å²) in [4.78, 5) is 36.8. The summed E-state index contributed by atoms with van der Waals surface area (Å²) in [5, 5.41) is 1.19. The summed E-state index contributed by atoms with van der Waals surface area (Å²) in [6, 6.07) is 12.0. The van der Waals surface area contributed by atoms with E-state index >= 15 is 0 Å². The number of carbonyl (C=O) groups is 3. The minimum atomic E-state index is -0.856. The Balaban J connectivity index is 1.92. The molecule has 1 fully saturated rings. The molecule has 0 unspecified atom stereocenters. The van der Waals surface area contributed by atoms with E-state index in [1.54, 1.807) is 43.3 Å². The third-order valence-corrected chi connectivity index (χ3v) is 4.89. The van der Waals surface area contributed by atoms with Crippen molar-refractivity contribution in [1.29, 1.82) is 0 Å². The van der Waals surface area contributed by atoms with Crippen LogP contribution >= 0.6 is 15.9 Å². The number of ether oxygens (including phenoxy) is 3. The lowest BCUT2D eigenvalue weighted by atomic mass is 10.1. The van der Waals surface area contributed by atoms with E-state index in [9.17, 15) is 14.4 Å². The quantitative estimate of drug-likeness (QED) is 0.393. The third-order valence-electron chi connectivity index (χ3n) is 4.30. The van der Waals surface area contributed by atoms with E-state index < -0.39 is 23.9 Å². The molecule has 9 heteroatoms. The molecule has 0 bridgehead atoms. The first-order chi connectivity index (χ1) is 14.3. The lowest BCUT2D eigenvalue weighted by Crippen LogP contribution is -2.35. The van der Waals surface area contributed by atoms with Crippen LogP contribution in [0.3, 0.4) is 0 Å². The van der Waals surface area contributed by atoms with Gasteiger partial charge in [-0.2, -0.15) is 0 Å². The fourth-order valence-electron chi connectivity index (χ4n) is 2.81. The van der Waals surface area contributed by atoms with Crippen molar-refractivity contribution in [2.75, 3.05) is 19.2 Å². The molecule has 0 spiro atoms. The molecule has 2 aromatic carbocycles. The Morgan fingerprint density at radius 2 is 1.87 bits per heavy atom. The second-order valence-corrected chi connectivity index (χ2v) is 7.15. The zero-order valence-corrected chi connectivity index (χ0v) is 18.1. The summed E-state index contributed by atoms with van der Waals surface area (Å²) in [7, 11) is 2.71. The molecule has 1 saturated heterocycles. The summed E-state index contributed by atoms with van der Waals surface area (Å²) < 4.78 is 16.1. The summed E-state index contributed by atoms with van der Waals surface area (Å²) >= 11 is 3.38. The highest BCUT2D eigenvalue weighted by molar-refractivity contribution is 9.10. The van der Waals surface area contributed by atoms with Crippen molar-refractivity contribution in [2.45, 2.75) is 13.0 Å². The van der Waals surface area contributed by atoms with Crippen LogP contribution in [-0.2, 0) is 19.1 Å². The average Bonchev–Trinajstić information content (AvgIpc) is 3.03. The number of hydrazine groups is 1. The Hall–Kier alpha value is -3.33. The van der Waals surface area contributed by atoms with E-state index in [0.717, 1.165) is 0 Å². The first-order valence-electron chi connectivity index (χ1n) is 8.90. The molecule has 30 heavy (non-hydrogen) atoms. The molecule has 1 heterocycles. The van der Waals surface area contributed by atoms with Crippen LogP contribution in [0.5, 0.6) is 11.5 Å². The van der Waals surface area contributed by atoms with Crippen LogP contribution in [0, 0.1) is 0 Å². The number of hydrogen-bond acceptors (Lipinski definition) is 6. The molecular formula is C21H19BrN2O6. The average molecular weight is 475 g/mol. The molecule has 1 aliphatic heterocycles. The van der Waals surface area contributed by atoms with Gasteiger partial charge in [-0.25, -0.2) is 9.80 Å². The zero-order chi connectivity index (χ0) is 21.8. The number of amides is 2. The van der Waals surface area contributed by atoms with Gasteiger partial charge < -0.3 is 14.2 Å². The molecule has 1 N–H and O–H groups in total. The Labute approximate surface area is 181 Å². The van der Waals surface area contributed by atoms with E-state index in [-0.39, 0.29) is 5.57 Å². The van der Waals surface area contributed by atoms with Crippen LogP contribution in [0.2, 0.25) is 0 Å². The number of para-hydroxylation sites is 1. The van der Waals surface area contributed by atoms with Crippen LogP contribution in [0.15, 0.2) is 52.5 Å². The highest BCUT2D eigenvalue weighted by Gasteiger charge is 2.34. The minimum Gasteiger partial charge on any atom is -0.493 e. The largest absolute Gasteiger partial charge is 0.493 e. The molecule has 0 aliphatic carbocycles. The number of methoxy groups -OCH3 is 2. The maximum Gasteiger partial charge on any atom is 0.346 e. The standard InChI is InChI=1S/C21H19BrN2O6/c1-12(21(27)29-3)30-18-16(22)10-13(11-17(18)28-2)9-15-19(25)23-24(20(15)26)14-7-5-4-6-8-14/h4-12H,1-3H3,(H,23,25)/b15-9-/t12-/m0/s1. The molecule has 1 atom stereocenters. The third kappa shape index (κ3) is 4.30. The van der Waals surface area contributed by atoms with Crippen molar-refractivity contribution in [1.82, 2.24) is 5.43 Å². The van der Waals surface area contributed by atoms with Crippen molar-refractivity contribution in [3.8, 4) is 11.5 Å². The van der Waals surface area contributed by atoms with Crippen LogP contribution in [-0.4, -0.2) is 38.1 Å². The van der Waals surface area contributed by atoms with Gasteiger partial charge in [0.15, 0.2) is 17.6 Å². The minimum absolute atomic E-state index is 0.0237. The predicted molar refractivity (Wildman–Crippen MR) is 113 cm³/mol. The second kappa shape index (κ2) is 9.00. The fraction of sp³-hybridized carbons (Fsp3) is 0.190. The van der Waals surface area contributed by atoms with Crippen molar-refractivity contribution in [3.05, 3.63) is 58.1 Å². The van der Waals surface area contributed by atoms with Gasteiger partial charge >= 0.3 is 5.97 Å². The van der Waals surface area contributed by atoms with Crippen LogP contribution in [0.4, 0.5) is 5.69 Å². The molecule has 0 saturated carbocycles. The number of benzene rings is 2. The van der Waals surface area contributed by atoms with Gasteiger partial charge in [0, 0.05) is 0 Å². The number of hydrogen-bond donors (Lipinski definition) is 1. The van der Waals surface area contributed by atoms with Gasteiger partial charge in [0.2, 0.25) is 0 Å². The number of nitrogens with zero attached hydrogens (tertiary/aromatic N) is 1. The predicted octanol–water partition coefficient (Wildman–Crippen LogP) is 2.86. The van der Waals surface area contributed by atoms with Crippen molar-refractivity contribution in [3.63, 3.8) is 0 Å². The number of esters is 1. The molecular weight excluding hydrogens is 456 g/mol. The van der Waals surface area contributed by atoms with E-state index in [1.807, 2.05) is 6.07 Å². The normalized spacial score (nSPS) is 15.7. The first kappa shape index (κ1) is 21.4. The SMILES string of the molecule is COC(=O)[C@H](C)Oc1c(Br)cc(/C=C2/C(=O)NN(c3ccccc3)C2=O)cc1OC. The summed E-state index contributed by atoms with van der Waals surface area (Å²) in [5.74, 6) is -0.910. The van der Waals surface area contributed by atoms with E-state index in [0.29, 0.717) is 27.2 Å². The molecule has 1 aliphatic rings. The van der Waals surface area contributed by atoms with E-state index in [2.05, 4.69) is 26.1 Å². The maximum absolute atomic E-state index is 12.7. The molecule has 0 aromatic heterocycles. The lowest BCUT2D eigenvalue weighted by Gasteiger charge is -2.17. The Morgan fingerprint density at radius 1 is 1.17 bits per heavy atom. The van der Waals surface area contributed by atoms with Crippen molar-refractivity contribution < 1.29 is 28.6 Å². The van der Waals surface area contributed by atoms with Gasteiger partial charge in [-0.3, -0.25) is 15.0 Å². The van der Waals surface area contributed by atoms with Gasteiger partial charge in [0.05, 0.1) is 24.4 Å². The fourth-order valence-corrected chi connectivity index (χ4v) is 3.36. The smallest absolute Gasteiger partial charge is 0.346 e. The molecule has 8 nitrogen and oxygen atoms in total.